The molecular weight excluding hydrogens is 238 g/mol. The number of amides is 1. The highest BCUT2D eigenvalue weighted by atomic mass is 16.1. The van der Waals surface area contributed by atoms with E-state index in [9.17, 15) is 4.79 Å². The molecule has 4 nitrogen and oxygen atoms in total. The zero-order chi connectivity index (χ0) is 13.5. The molecule has 1 aromatic rings. The highest BCUT2D eigenvalue weighted by molar-refractivity contribution is 5.92. The molecule has 1 aliphatic rings. The lowest BCUT2D eigenvalue weighted by Crippen LogP contribution is -2.25. The van der Waals surface area contributed by atoms with Crippen molar-refractivity contribution in [2.75, 3.05) is 18.9 Å². The Hall–Kier alpha value is -1.58. The van der Waals surface area contributed by atoms with E-state index in [1.807, 2.05) is 12.1 Å². The molecule has 0 spiro atoms. The van der Waals surface area contributed by atoms with Gasteiger partial charge in [-0.1, -0.05) is 31.7 Å². The zero-order valence-corrected chi connectivity index (χ0v) is 11.6. The van der Waals surface area contributed by atoms with E-state index in [0.29, 0.717) is 5.69 Å². The van der Waals surface area contributed by atoms with Crippen LogP contribution < -0.4 is 10.6 Å². The van der Waals surface area contributed by atoms with Crippen molar-refractivity contribution in [3.05, 3.63) is 23.9 Å². The molecule has 1 amide bonds. The Morgan fingerprint density at radius 2 is 2.16 bits per heavy atom. The van der Waals surface area contributed by atoms with E-state index in [4.69, 9.17) is 0 Å². The van der Waals surface area contributed by atoms with Crippen LogP contribution in [0, 0.1) is 5.92 Å². The summed E-state index contributed by atoms with van der Waals surface area (Å²) in [5.41, 5.74) is 0.479. The van der Waals surface area contributed by atoms with Crippen molar-refractivity contribution in [3.63, 3.8) is 0 Å². The maximum absolute atomic E-state index is 11.9. The molecule has 2 N–H and O–H groups in total. The van der Waals surface area contributed by atoms with Gasteiger partial charge in [0.25, 0.3) is 5.91 Å². The minimum Gasteiger partial charge on any atom is -0.373 e. The summed E-state index contributed by atoms with van der Waals surface area (Å²) in [5.74, 6) is 1.53. The zero-order valence-electron chi connectivity index (χ0n) is 11.6. The summed E-state index contributed by atoms with van der Waals surface area (Å²) >= 11 is 0. The standard InChI is InChI=1S/C15H23N3O/c1-16-14-10-4-9-13(18-14)15(19)17-11-5-8-12-6-2-3-7-12/h4,9-10,12H,2-3,5-8,11H2,1H3,(H,16,18)(H,17,19). The number of hydrogen-bond acceptors (Lipinski definition) is 3. The van der Waals surface area contributed by atoms with Crippen molar-refractivity contribution < 1.29 is 4.79 Å². The molecule has 19 heavy (non-hydrogen) atoms. The van der Waals surface area contributed by atoms with Gasteiger partial charge in [-0.2, -0.15) is 0 Å². The molecule has 0 aromatic carbocycles. The molecular formula is C15H23N3O. The number of anilines is 1. The summed E-state index contributed by atoms with van der Waals surface area (Å²) < 4.78 is 0. The average Bonchev–Trinajstić information content (AvgIpc) is 2.96. The number of pyridine rings is 1. The first-order valence-corrected chi connectivity index (χ1v) is 7.22. The molecule has 104 valence electrons. The van der Waals surface area contributed by atoms with Crippen LogP contribution in [0.15, 0.2) is 18.2 Å². The number of aromatic nitrogens is 1. The third-order valence-corrected chi connectivity index (χ3v) is 3.79. The fraction of sp³-hybridized carbons (Fsp3) is 0.600. The Kier molecular flexibility index (Phi) is 5.19. The van der Waals surface area contributed by atoms with E-state index in [-0.39, 0.29) is 5.91 Å². The van der Waals surface area contributed by atoms with E-state index >= 15 is 0 Å². The van der Waals surface area contributed by atoms with Crippen molar-refractivity contribution in [2.45, 2.75) is 38.5 Å². The Balaban J connectivity index is 1.71. The van der Waals surface area contributed by atoms with E-state index < -0.39 is 0 Å². The minimum atomic E-state index is -0.0801. The largest absolute Gasteiger partial charge is 0.373 e. The second kappa shape index (κ2) is 7.12. The molecule has 0 unspecified atom stereocenters. The molecule has 1 aliphatic carbocycles. The summed E-state index contributed by atoms with van der Waals surface area (Å²) in [6, 6.07) is 5.43. The van der Waals surface area contributed by atoms with Crippen molar-refractivity contribution in [3.8, 4) is 0 Å². The van der Waals surface area contributed by atoms with Crippen molar-refractivity contribution in [1.29, 1.82) is 0 Å². The number of nitrogens with zero attached hydrogens (tertiary/aromatic N) is 1. The van der Waals surface area contributed by atoms with Crippen LogP contribution in [-0.2, 0) is 0 Å². The predicted molar refractivity (Wildman–Crippen MR) is 77.3 cm³/mol. The molecule has 0 radical (unpaired) electrons. The maximum atomic E-state index is 11.9. The third-order valence-electron chi connectivity index (χ3n) is 3.79. The highest BCUT2D eigenvalue weighted by Gasteiger charge is 2.14. The van der Waals surface area contributed by atoms with Crippen molar-refractivity contribution >= 4 is 11.7 Å². The second-order valence-electron chi connectivity index (χ2n) is 5.21. The van der Waals surface area contributed by atoms with Gasteiger partial charge in [-0.25, -0.2) is 4.98 Å². The lowest BCUT2D eigenvalue weighted by atomic mass is 10.0. The Morgan fingerprint density at radius 1 is 1.37 bits per heavy atom. The van der Waals surface area contributed by atoms with Gasteiger partial charge in [-0.05, 0) is 30.9 Å². The third kappa shape index (κ3) is 4.23. The molecule has 1 fully saturated rings. The average molecular weight is 261 g/mol. The van der Waals surface area contributed by atoms with Gasteiger partial charge in [0.1, 0.15) is 11.5 Å². The summed E-state index contributed by atoms with van der Waals surface area (Å²) in [4.78, 5) is 16.1. The summed E-state index contributed by atoms with van der Waals surface area (Å²) in [7, 11) is 1.80. The van der Waals surface area contributed by atoms with Gasteiger partial charge in [0.15, 0.2) is 0 Å². The first-order valence-electron chi connectivity index (χ1n) is 7.22. The quantitative estimate of drug-likeness (QED) is 0.774. The smallest absolute Gasteiger partial charge is 0.269 e. The number of carbonyl (C=O) groups is 1. The van der Waals surface area contributed by atoms with Gasteiger partial charge in [0, 0.05) is 13.6 Å². The van der Waals surface area contributed by atoms with E-state index in [2.05, 4.69) is 15.6 Å². The number of rotatable bonds is 6. The fourth-order valence-corrected chi connectivity index (χ4v) is 2.68. The second-order valence-corrected chi connectivity index (χ2v) is 5.21. The van der Waals surface area contributed by atoms with Crippen LogP contribution in [0.1, 0.15) is 49.0 Å². The van der Waals surface area contributed by atoms with Crippen LogP contribution in [0.4, 0.5) is 5.82 Å². The number of hydrogen-bond donors (Lipinski definition) is 2. The van der Waals surface area contributed by atoms with Crippen molar-refractivity contribution in [2.24, 2.45) is 5.92 Å². The van der Waals surface area contributed by atoms with Gasteiger partial charge in [-0.3, -0.25) is 4.79 Å². The molecule has 4 heteroatoms. The van der Waals surface area contributed by atoms with E-state index in [0.717, 1.165) is 24.7 Å². The molecule has 1 heterocycles. The van der Waals surface area contributed by atoms with Crippen molar-refractivity contribution in [1.82, 2.24) is 10.3 Å². The summed E-state index contributed by atoms with van der Waals surface area (Å²) in [6.45, 7) is 0.751. The first-order chi connectivity index (χ1) is 9.29. The Labute approximate surface area is 115 Å². The lowest BCUT2D eigenvalue weighted by molar-refractivity contribution is 0.0947. The van der Waals surface area contributed by atoms with Crippen LogP contribution in [0.25, 0.3) is 0 Å². The monoisotopic (exact) mass is 261 g/mol. The van der Waals surface area contributed by atoms with E-state index in [1.54, 1.807) is 13.1 Å². The van der Waals surface area contributed by atoms with Crippen LogP contribution in [0.3, 0.4) is 0 Å². The minimum absolute atomic E-state index is 0.0801. The molecule has 2 rings (SSSR count). The van der Waals surface area contributed by atoms with Gasteiger partial charge in [0.2, 0.25) is 0 Å². The highest BCUT2D eigenvalue weighted by Crippen LogP contribution is 2.28. The Morgan fingerprint density at radius 3 is 2.89 bits per heavy atom. The molecule has 0 saturated heterocycles. The maximum Gasteiger partial charge on any atom is 0.269 e. The topological polar surface area (TPSA) is 54.0 Å². The van der Waals surface area contributed by atoms with Crippen LogP contribution in [0.5, 0.6) is 0 Å². The SMILES string of the molecule is CNc1cccc(C(=O)NCCCC2CCCC2)n1. The lowest BCUT2D eigenvalue weighted by Gasteiger charge is -2.09. The van der Waals surface area contributed by atoms with Gasteiger partial charge in [-0.15, -0.1) is 0 Å². The fourth-order valence-electron chi connectivity index (χ4n) is 2.68. The summed E-state index contributed by atoms with van der Waals surface area (Å²) in [6.07, 6.45) is 7.83. The van der Waals surface area contributed by atoms with Gasteiger partial charge >= 0.3 is 0 Å². The van der Waals surface area contributed by atoms with Gasteiger partial charge in [0.05, 0.1) is 0 Å². The normalized spacial score (nSPS) is 15.4. The molecule has 1 saturated carbocycles. The van der Waals surface area contributed by atoms with Gasteiger partial charge < -0.3 is 10.6 Å². The Bertz CT molecular complexity index is 414. The van der Waals surface area contributed by atoms with Crippen LogP contribution in [-0.4, -0.2) is 24.5 Å². The van der Waals surface area contributed by atoms with Crippen LogP contribution >= 0.6 is 0 Å². The number of nitrogens with one attached hydrogen (secondary N) is 2. The first kappa shape index (κ1) is 13.8. The molecule has 1 aromatic heterocycles. The predicted octanol–water partition coefficient (Wildman–Crippen LogP) is 2.82. The van der Waals surface area contributed by atoms with Crippen LogP contribution in [0.2, 0.25) is 0 Å². The molecule has 0 bridgehead atoms. The molecule has 0 aliphatic heterocycles. The van der Waals surface area contributed by atoms with E-state index in [1.165, 1.54) is 32.1 Å². The number of carbonyl (C=O) groups excluding carboxylic acids is 1. The molecule has 0 atom stereocenters. The summed E-state index contributed by atoms with van der Waals surface area (Å²) in [5, 5.41) is 5.88.